The third-order valence-electron chi connectivity index (χ3n) is 3.37. The number of hydrogen-bond donors (Lipinski definition) is 3. The molecule has 0 saturated carbocycles. The number of aromatic amines is 1. The lowest BCUT2D eigenvalue weighted by molar-refractivity contribution is 0.262. The second-order valence-corrected chi connectivity index (χ2v) is 5.05. The van der Waals surface area contributed by atoms with E-state index in [1.54, 1.807) is 12.3 Å². The van der Waals surface area contributed by atoms with Crippen molar-refractivity contribution < 1.29 is 4.79 Å². The molecule has 1 aliphatic rings. The number of amides is 2. The fraction of sp³-hybridized carbons (Fsp3) is 0.357. The average molecular weight is 271 g/mol. The number of anilines is 2. The fourth-order valence-electron chi connectivity index (χ4n) is 2.42. The van der Waals surface area contributed by atoms with E-state index >= 15 is 0 Å². The summed E-state index contributed by atoms with van der Waals surface area (Å²) < 4.78 is 0. The van der Waals surface area contributed by atoms with Crippen molar-refractivity contribution >= 4 is 17.5 Å². The molecule has 0 radical (unpaired) electrons. The molecule has 0 spiro atoms. The van der Waals surface area contributed by atoms with E-state index < -0.39 is 0 Å². The van der Waals surface area contributed by atoms with Gasteiger partial charge in [-0.15, -0.1) is 0 Å². The van der Waals surface area contributed by atoms with Crippen molar-refractivity contribution in [1.29, 1.82) is 0 Å². The van der Waals surface area contributed by atoms with E-state index in [4.69, 9.17) is 0 Å². The van der Waals surface area contributed by atoms with Crippen molar-refractivity contribution in [2.75, 3.05) is 10.6 Å². The van der Waals surface area contributed by atoms with Crippen molar-refractivity contribution in [3.8, 4) is 0 Å². The van der Waals surface area contributed by atoms with Gasteiger partial charge in [-0.2, -0.15) is 5.10 Å². The van der Waals surface area contributed by atoms with Crippen LogP contribution in [-0.4, -0.2) is 21.2 Å². The molecule has 0 bridgehead atoms. The number of aromatic nitrogens is 3. The first-order valence-corrected chi connectivity index (χ1v) is 6.78. The molecule has 0 aromatic carbocycles. The van der Waals surface area contributed by atoms with Gasteiger partial charge in [-0.1, -0.05) is 0 Å². The number of hydrogen-bond acceptors (Lipinski definition) is 3. The number of carbonyl (C=O) groups is 1. The zero-order chi connectivity index (χ0) is 13.9. The molecule has 6 heteroatoms. The summed E-state index contributed by atoms with van der Waals surface area (Å²) in [5.74, 6) is 0.505. The quantitative estimate of drug-likeness (QED) is 0.785. The number of carbonyl (C=O) groups excluding carboxylic acids is 1. The number of fused-ring (bicyclic) bond motifs is 1. The summed E-state index contributed by atoms with van der Waals surface area (Å²) in [5, 5.41) is 12.2. The maximum atomic E-state index is 11.9. The monoisotopic (exact) mass is 271 g/mol. The highest BCUT2D eigenvalue weighted by molar-refractivity contribution is 5.99. The Morgan fingerprint density at radius 1 is 1.25 bits per heavy atom. The largest absolute Gasteiger partial charge is 0.324 e. The number of nitrogens with zero attached hydrogens (tertiary/aromatic N) is 2. The van der Waals surface area contributed by atoms with Crippen LogP contribution in [0.15, 0.2) is 18.3 Å². The SMILES string of the molecule is Cc1cc(NC(=O)Nc2cnc3c(c2)CCCC3)n[nH]1. The number of aryl methyl sites for hydroxylation is 3. The lowest BCUT2D eigenvalue weighted by Gasteiger charge is -2.15. The van der Waals surface area contributed by atoms with Crippen LogP contribution >= 0.6 is 0 Å². The van der Waals surface area contributed by atoms with Crippen LogP contribution in [0.2, 0.25) is 0 Å². The van der Waals surface area contributed by atoms with Crippen molar-refractivity contribution in [3.05, 3.63) is 35.3 Å². The Bertz CT molecular complexity index is 634. The molecule has 1 aliphatic carbocycles. The zero-order valence-electron chi connectivity index (χ0n) is 11.4. The molecule has 104 valence electrons. The van der Waals surface area contributed by atoms with Gasteiger partial charge < -0.3 is 5.32 Å². The Balaban J connectivity index is 1.66. The topological polar surface area (TPSA) is 82.7 Å². The van der Waals surface area contributed by atoms with Crippen LogP contribution in [0.1, 0.15) is 29.8 Å². The summed E-state index contributed by atoms with van der Waals surface area (Å²) in [7, 11) is 0. The van der Waals surface area contributed by atoms with E-state index in [1.165, 1.54) is 18.4 Å². The van der Waals surface area contributed by atoms with Crippen LogP contribution in [-0.2, 0) is 12.8 Å². The lowest BCUT2D eigenvalue weighted by atomic mass is 9.96. The molecule has 0 fully saturated rings. The molecule has 0 atom stereocenters. The molecule has 0 aliphatic heterocycles. The van der Waals surface area contributed by atoms with E-state index in [0.29, 0.717) is 5.82 Å². The first-order valence-electron chi connectivity index (χ1n) is 6.78. The van der Waals surface area contributed by atoms with Crippen molar-refractivity contribution in [2.24, 2.45) is 0 Å². The third-order valence-corrected chi connectivity index (χ3v) is 3.37. The number of pyridine rings is 1. The molecule has 2 aromatic rings. The van der Waals surface area contributed by atoms with Gasteiger partial charge in [0.2, 0.25) is 0 Å². The number of rotatable bonds is 2. The molecule has 0 saturated heterocycles. The smallest absolute Gasteiger partial charge is 0.306 e. The van der Waals surface area contributed by atoms with Crippen LogP contribution in [0.4, 0.5) is 16.3 Å². The Morgan fingerprint density at radius 2 is 2.10 bits per heavy atom. The number of H-pyrrole nitrogens is 1. The lowest BCUT2D eigenvalue weighted by Crippen LogP contribution is -2.20. The van der Waals surface area contributed by atoms with Gasteiger partial charge in [-0.3, -0.25) is 15.4 Å². The maximum absolute atomic E-state index is 11.9. The van der Waals surface area contributed by atoms with E-state index in [-0.39, 0.29) is 6.03 Å². The molecular weight excluding hydrogens is 254 g/mol. The Hall–Kier alpha value is -2.37. The summed E-state index contributed by atoms with van der Waals surface area (Å²) in [5.41, 5.74) is 4.01. The van der Waals surface area contributed by atoms with E-state index in [9.17, 15) is 4.79 Å². The minimum Gasteiger partial charge on any atom is -0.306 e. The summed E-state index contributed by atoms with van der Waals surface area (Å²) >= 11 is 0. The second-order valence-electron chi connectivity index (χ2n) is 5.05. The predicted octanol–water partition coefficient (Wildman–Crippen LogP) is 2.64. The maximum Gasteiger partial charge on any atom is 0.324 e. The molecule has 2 aromatic heterocycles. The fourth-order valence-corrected chi connectivity index (χ4v) is 2.42. The summed E-state index contributed by atoms with van der Waals surface area (Å²) in [4.78, 5) is 16.3. The molecule has 3 N–H and O–H groups in total. The average Bonchev–Trinajstić information content (AvgIpc) is 2.83. The van der Waals surface area contributed by atoms with Crippen LogP contribution in [0, 0.1) is 6.92 Å². The second kappa shape index (κ2) is 5.32. The number of urea groups is 1. The van der Waals surface area contributed by atoms with Gasteiger partial charge in [0.1, 0.15) is 0 Å². The highest BCUT2D eigenvalue weighted by Crippen LogP contribution is 2.22. The van der Waals surface area contributed by atoms with Gasteiger partial charge in [-0.05, 0) is 44.2 Å². The van der Waals surface area contributed by atoms with Gasteiger partial charge in [0.05, 0.1) is 11.9 Å². The molecule has 2 heterocycles. The van der Waals surface area contributed by atoms with Gasteiger partial charge in [0, 0.05) is 17.5 Å². The summed E-state index contributed by atoms with van der Waals surface area (Å²) in [6.07, 6.45) is 6.18. The standard InChI is InChI=1S/C14H17N5O/c1-9-6-13(19-18-9)17-14(20)16-11-7-10-4-2-3-5-12(10)15-8-11/h6-8H,2-5H2,1H3,(H3,16,17,18,19,20). The summed E-state index contributed by atoms with van der Waals surface area (Å²) in [6.45, 7) is 1.88. The minimum absolute atomic E-state index is 0.311. The zero-order valence-corrected chi connectivity index (χ0v) is 11.4. The summed E-state index contributed by atoms with van der Waals surface area (Å²) in [6, 6.07) is 3.47. The van der Waals surface area contributed by atoms with Gasteiger partial charge in [0.15, 0.2) is 5.82 Å². The van der Waals surface area contributed by atoms with Crippen molar-refractivity contribution in [2.45, 2.75) is 32.6 Å². The highest BCUT2D eigenvalue weighted by atomic mass is 16.2. The third kappa shape index (κ3) is 2.79. The normalized spacial score (nSPS) is 13.7. The van der Waals surface area contributed by atoms with E-state index in [2.05, 4.69) is 25.8 Å². The molecule has 3 rings (SSSR count). The van der Waals surface area contributed by atoms with Crippen molar-refractivity contribution in [1.82, 2.24) is 15.2 Å². The van der Waals surface area contributed by atoms with E-state index in [0.717, 1.165) is 29.9 Å². The Labute approximate surface area is 117 Å². The molecule has 20 heavy (non-hydrogen) atoms. The molecule has 2 amide bonds. The molecule has 6 nitrogen and oxygen atoms in total. The Morgan fingerprint density at radius 3 is 2.90 bits per heavy atom. The van der Waals surface area contributed by atoms with Gasteiger partial charge in [0.25, 0.3) is 0 Å². The Kier molecular flexibility index (Phi) is 3.37. The van der Waals surface area contributed by atoms with Crippen LogP contribution in [0.3, 0.4) is 0 Å². The van der Waals surface area contributed by atoms with E-state index in [1.807, 2.05) is 13.0 Å². The van der Waals surface area contributed by atoms with Crippen molar-refractivity contribution in [3.63, 3.8) is 0 Å². The van der Waals surface area contributed by atoms with Gasteiger partial charge in [-0.25, -0.2) is 4.79 Å². The first-order chi connectivity index (χ1) is 9.70. The van der Waals surface area contributed by atoms with Crippen LogP contribution in [0.5, 0.6) is 0 Å². The molecular formula is C14H17N5O. The van der Waals surface area contributed by atoms with Gasteiger partial charge >= 0.3 is 6.03 Å². The van der Waals surface area contributed by atoms with Crippen LogP contribution in [0.25, 0.3) is 0 Å². The predicted molar refractivity (Wildman–Crippen MR) is 76.8 cm³/mol. The molecule has 0 unspecified atom stereocenters. The first kappa shape index (κ1) is 12.7. The van der Waals surface area contributed by atoms with Crippen LogP contribution < -0.4 is 10.6 Å². The number of nitrogens with one attached hydrogen (secondary N) is 3. The minimum atomic E-state index is -0.311. The highest BCUT2D eigenvalue weighted by Gasteiger charge is 2.12.